The molecule has 0 aliphatic heterocycles. The molecule has 17 heavy (non-hydrogen) atoms. The van der Waals surface area contributed by atoms with Crippen molar-refractivity contribution < 1.29 is 4.79 Å². The minimum absolute atomic E-state index is 0.0497. The van der Waals surface area contributed by atoms with Gasteiger partial charge in [0, 0.05) is 23.6 Å². The van der Waals surface area contributed by atoms with Crippen molar-refractivity contribution >= 4 is 23.2 Å². The van der Waals surface area contributed by atoms with Gasteiger partial charge in [0.1, 0.15) is 5.88 Å². The van der Waals surface area contributed by atoms with Gasteiger partial charge < -0.3 is 5.32 Å². The van der Waals surface area contributed by atoms with Crippen LogP contribution in [0.1, 0.15) is 0 Å². The Bertz CT molecular complexity index is 499. The van der Waals surface area contributed by atoms with Gasteiger partial charge in [-0.1, -0.05) is 12.1 Å². The molecule has 0 saturated heterocycles. The van der Waals surface area contributed by atoms with Crippen molar-refractivity contribution in [2.24, 2.45) is 0 Å². The Hall–Kier alpha value is -1.94. The fourth-order valence-corrected chi connectivity index (χ4v) is 1.43. The Morgan fingerprint density at radius 2 is 2.00 bits per heavy atom. The maximum atomic E-state index is 11.1. The van der Waals surface area contributed by atoms with Gasteiger partial charge in [0.05, 0.1) is 11.9 Å². The molecule has 5 heteroatoms. The maximum Gasteiger partial charge on any atom is 0.239 e. The molecule has 0 spiro atoms. The molecule has 0 fully saturated rings. The molecule has 0 bridgehead atoms. The smallest absolute Gasteiger partial charge is 0.239 e. The third kappa shape index (κ3) is 3.01. The number of anilines is 1. The van der Waals surface area contributed by atoms with Crippen molar-refractivity contribution in [3.8, 4) is 11.3 Å². The number of halogens is 1. The summed E-state index contributed by atoms with van der Waals surface area (Å²) in [6.07, 6.45) is 4.95. The Kier molecular flexibility index (Phi) is 3.67. The standard InChI is InChI=1S/C12H10ClN3O/c13-7-12(17)16-10-3-1-9(2-4-10)11-8-14-5-6-15-11/h1-6,8H,7H2,(H,16,17). The van der Waals surface area contributed by atoms with Crippen LogP contribution in [0.2, 0.25) is 0 Å². The second-order valence-electron chi connectivity index (χ2n) is 3.35. The highest BCUT2D eigenvalue weighted by molar-refractivity contribution is 6.29. The van der Waals surface area contributed by atoms with Crippen LogP contribution in [0.4, 0.5) is 5.69 Å². The average Bonchev–Trinajstić information content (AvgIpc) is 2.40. The largest absolute Gasteiger partial charge is 0.325 e. The first-order valence-electron chi connectivity index (χ1n) is 5.02. The van der Waals surface area contributed by atoms with Gasteiger partial charge in [0.2, 0.25) is 5.91 Å². The average molecular weight is 248 g/mol. The number of aromatic nitrogens is 2. The highest BCUT2D eigenvalue weighted by atomic mass is 35.5. The second kappa shape index (κ2) is 5.41. The van der Waals surface area contributed by atoms with Gasteiger partial charge in [0.15, 0.2) is 0 Å². The SMILES string of the molecule is O=C(CCl)Nc1ccc(-c2cnccn2)cc1. The lowest BCUT2D eigenvalue weighted by Gasteiger charge is -2.04. The van der Waals surface area contributed by atoms with E-state index in [2.05, 4.69) is 15.3 Å². The van der Waals surface area contributed by atoms with Gasteiger partial charge in [-0.3, -0.25) is 14.8 Å². The van der Waals surface area contributed by atoms with Crippen molar-refractivity contribution in [2.45, 2.75) is 0 Å². The molecule has 0 aliphatic rings. The summed E-state index contributed by atoms with van der Waals surface area (Å²) >= 11 is 5.40. The van der Waals surface area contributed by atoms with Gasteiger partial charge in [-0.25, -0.2) is 0 Å². The lowest BCUT2D eigenvalue weighted by Crippen LogP contribution is -2.12. The predicted molar refractivity (Wildman–Crippen MR) is 66.8 cm³/mol. The van der Waals surface area contributed by atoms with E-state index in [-0.39, 0.29) is 11.8 Å². The Labute approximate surface area is 104 Å². The van der Waals surface area contributed by atoms with Gasteiger partial charge >= 0.3 is 0 Å². The number of rotatable bonds is 3. The van der Waals surface area contributed by atoms with Crippen LogP contribution >= 0.6 is 11.6 Å². The van der Waals surface area contributed by atoms with Gasteiger partial charge in [-0.15, -0.1) is 11.6 Å². The topological polar surface area (TPSA) is 54.9 Å². The monoisotopic (exact) mass is 247 g/mol. The molecule has 1 N–H and O–H groups in total. The number of carbonyl (C=O) groups excluding carboxylic acids is 1. The van der Waals surface area contributed by atoms with Crippen LogP contribution in [0, 0.1) is 0 Å². The Morgan fingerprint density at radius 3 is 2.59 bits per heavy atom. The maximum absolute atomic E-state index is 11.1. The number of benzene rings is 1. The molecule has 1 heterocycles. The fourth-order valence-electron chi connectivity index (χ4n) is 1.37. The van der Waals surface area contributed by atoms with Crippen molar-refractivity contribution in [2.75, 3.05) is 11.2 Å². The van der Waals surface area contributed by atoms with Crippen LogP contribution in [-0.2, 0) is 4.79 Å². The molecule has 0 atom stereocenters. The number of alkyl halides is 1. The number of carbonyl (C=O) groups is 1. The van der Waals surface area contributed by atoms with Crippen LogP contribution in [0.3, 0.4) is 0 Å². The van der Waals surface area contributed by atoms with E-state index in [0.29, 0.717) is 5.69 Å². The van der Waals surface area contributed by atoms with Crippen molar-refractivity contribution in [1.82, 2.24) is 9.97 Å². The Balaban J connectivity index is 2.16. The summed E-state index contributed by atoms with van der Waals surface area (Å²) in [5.74, 6) is -0.273. The van der Waals surface area contributed by atoms with Crippen LogP contribution in [0.15, 0.2) is 42.9 Å². The predicted octanol–water partition coefficient (Wildman–Crippen LogP) is 2.32. The highest BCUT2D eigenvalue weighted by Gasteiger charge is 2.01. The quantitative estimate of drug-likeness (QED) is 0.847. The molecular weight excluding hydrogens is 238 g/mol. The lowest BCUT2D eigenvalue weighted by atomic mass is 10.1. The highest BCUT2D eigenvalue weighted by Crippen LogP contribution is 2.18. The third-order valence-corrected chi connectivity index (χ3v) is 2.39. The van der Waals surface area contributed by atoms with Crippen LogP contribution in [0.5, 0.6) is 0 Å². The second-order valence-corrected chi connectivity index (χ2v) is 3.62. The summed E-state index contributed by atoms with van der Waals surface area (Å²) in [4.78, 5) is 19.3. The number of nitrogens with zero attached hydrogens (tertiary/aromatic N) is 2. The zero-order chi connectivity index (χ0) is 12.1. The number of hydrogen-bond donors (Lipinski definition) is 1. The van der Waals surface area contributed by atoms with Crippen molar-refractivity contribution in [3.05, 3.63) is 42.9 Å². The first kappa shape index (κ1) is 11.5. The van der Waals surface area contributed by atoms with E-state index in [1.807, 2.05) is 12.1 Å². The summed E-state index contributed by atoms with van der Waals surface area (Å²) in [6.45, 7) is 0. The first-order chi connectivity index (χ1) is 8.29. The van der Waals surface area contributed by atoms with Crippen molar-refractivity contribution in [3.63, 3.8) is 0 Å². The van der Waals surface area contributed by atoms with E-state index >= 15 is 0 Å². The number of nitrogens with one attached hydrogen (secondary N) is 1. The summed E-state index contributed by atoms with van der Waals surface area (Å²) in [7, 11) is 0. The van der Waals surface area contributed by atoms with E-state index < -0.39 is 0 Å². The molecule has 0 radical (unpaired) electrons. The molecule has 0 saturated carbocycles. The molecule has 86 valence electrons. The molecule has 2 aromatic rings. The molecule has 1 aromatic heterocycles. The van der Waals surface area contributed by atoms with E-state index in [4.69, 9.17) is 11.6 Å². The normalized spacial score (nSPS) is 9.94. The minimum Gasteiger partial charge on any atom is -0.325 e. The summed E-state index contributed by atoms with van der Waals surface area (Å²) in [6, 6.07) is 7.34. The third-order valence-electron chi connectivity index (χ3n) is 2.15. The number of amides is 1. The molecule has 1 amide bonds. The molecular formula is C12H10ClN3O. The van der Waals surface area contributed by atoms with E-state index in [9.17, 15) is 4.79 Å². The molecule has 0 unspecified atom stereocenters. The van der Waals surface area contributed by atoms with Crippen LogP contribution in [0.25, 0.3) is 11.3 Å². The molecule has 0 aliphatic carbocycles. The summed E-state index contributed by atoms with van der Waals surface area (Å²) in [5.41, 5.74) is 2.45. The fraction of sp³-hybridized carbons (Fsp3) is 0.0833. The van der Waals surface area contributed by atoms with Crippen LogP contribution < -0.4 is 5.32 Å². The molecule has 2 rings (SSSR count). The zero-order valence-corrected chi connectivity index (χ0v) is 9.69. The molecule has 1 aromatic carbocycles. The Morgan fingerprint density at radius 1 is 1.24 bits per heavy atom. The number of hydrogen-bond acceptors (Lipinski definition) is 3. The summed E-state index contributed by atoms with van der Waals surface area (Å²) < 4.78 is 0. The van der Waals surface area contributed by atoms with Gasteiger partial charge in [-0.05, 0) is 12.1 Å². The van der Waals surface area contributed by atoms with Gasteiger partial charge in [-0.2, -0.15) is 0 Å². The van der Waals surface area contributed by atoms with E-state index in [1.54, 1.807) is 30.7 Å². The van der Waals surface area contributed by atoms with Gasteiger partial charge in [0.25, 0.3) is 0 Å². The minimum atomic E-state index is -0.223. The lowest BCUT2D eigenvalue weighted by molar-refractivity contribution is -0.113. The van der Waals surface area contributed by atoms with E-state index in [0.717, 1.165) is 11.3 Å². The summed E-state index contributed by atoms with van der Waals surface area (Å²) in [5, 5.41) is 2.66. The molecule has 4 nitrogen and oxygen atoms in total. The van der Waals surface area contributed by atoms with Crippen LogP contribution in [-0.4, -0.2) is 21.8 Å². The van der Waals surface area contributed by atoms with Crippen molar-refractivity contribution in [1.29, 1.82) is 0 Å². The first-order valence-corrected chi connectivity index (χ1v) is 5.55. The van der Waals surface area contributed by atoms with E-state index in [1.165, 1.54) is 0 Å². The zero-order valence-electron chi connectivity index (χ0n) is 8.93.